The first-order valence-electron chi connectivity index (χ1n) is 20.4. The molecular formula is C44H67N8P+2. The summed E-state index contributed by atoms with van der Waals surface area (Å²) in [5.41, 5.74) is 19.5. The van der Waals surface area contributed by atoms with E-state index in [4.69, 9.17) is 0 Å². The summed E-state index contributed by atoms with van der Waals surface area (Å²) in [5, 5.41) is 16.2. The second kappa shape index (κ2) is 17.6. The third kappa shape index (κ3) is 7.73. The fraction of sp³-hybridized carbons (Fsp3) is 0.545. The second-order valence-electron chi connectivity index (χ2n) is 15.5. The van der Waals surface area contributed by atoms with Gasteiger partial charge < -0.3 is 30.6 Å². The standard InChI is InChI=1S/C44H66N8P/c1-10-48-22-14-18-36-32(6)41-26-43-35(17-13-21-47-9)31(5)40-25-42-34(16-12-20-46-8)30(4)39(50(42)27-28(2)51(40)43)24-38-33(15-11-19-45-7)29(3)37(49-38)23-44(36)52(41)53/h23-26,28,45-48H,10-22,27,53H2,1-9H3/q+1/p+1. The molecule has 2 atom stereocenters. The first-order chi connectivity index (χ1) is 25.7. The van der Waals surface area contributed by atoms with E-state index in [1.165, 1.54) is 89.4 Å². The van der Waals surface area contributed by atoms with Gasteiger partial charge in [-0.25, -0.2) is 0 Å². The van der Waals surface area contributed by atoms with Gasteiger partial charge in [0, 0.05) is 57.8 Å². The average molecular weight is 739 g/mol. The minimum atomic E-state index is 0.273. The maximum absolute atomic E-state index is 4.01. The first-order valence-corrected chi connectivity index (χ1v) is 20.9. The number of aromatic nitrogens is 2. The topological polar surface area (TPSA) is 74.9 Å². The summed E-state index contributed by atoms with van der Waals surface area (Å²) >= 11 is 0. The molecule has 0 aromatic carbocycles. The van der Waals surface area contributed by atoms with Crippen molar-refractivity contribution >= 4 is 39.0 Å². The molecule has 5 N–H and O–H groups in total. The average Bonchev–Trinajstić information content (AvgIpc) is 3.69. The number of H-pyrrole nitrogens is 1. The van der Waals surface area contributed by atoms with Crippen molar-refractivity contribution in [3.63, 3.8) is 0 Å². The van der Waals surface area contributed by atoms with Crippen molar-refractivity contribution in [2.45, 2.75) is 99.0 Å². The van der Waals surface area contributed by atoms with Crippen molar-refractivity contribution in [2.75, 3.05) is 60.4 Å². The predicted octanol–water partition coefficient (Wildman–Crippen LogP) is 4.58. The highest BCUT2D eigenvalue weighted by atomic mass is 31.0. The summed E-state index contributed by atoms with van der Waals surface area (Å²) in [6.07, 6.45) is 18.7. The van der Waals surface area contributed by atoms with Crippen LogP contribution in [0.1, 0.15) is 99.9 Å². The molecule has 6 heterocycles. The van der Waals surface area contributed by atoms with E-state index in [1.807, 2.05) is 0 Å². The van der Waals surface area contributed by atoms with Crippen molar-refractivity contribution in [3.05, 3.63) is 84.1 Å². The number of hydrogen-bond donors (Lipinski definition) is 5. The molecule has 0 spiro atoms. The molecule has 0 aliphatic carbocycles. The highest BCUT2D eigenvalue weighted by molar-refractivity contribution is 7.14. The normalized spacial score (nSPS) is 18.1. The van der Waals surface area contributed by atoms with E-state index < -0.39 is 0 Å². The van der Waals surface area contributed by atoms with Crippen LogP contribution >= 0.6 is 9.39 Å². The van der Waals surface area contributed by atoms with Crippen LogP contribution in [0, 0.1) is 13.8 Å². The van der Waals surface area contributed by atoms with Crippen LogP contribution in [0.4, 0.5) is 0 Å². The van der Waals surface area contributed by atoms with Gasteiger partial charge in [-0.1, -0.05) is 6.92 Å². The lowest BCUT2D eigenvalue weighted by atomic mass is 9.97. The van der Waals surface area contributed by atoms with E-state index >= 15 is 0 Å². The number of allylic oxidation sites excluding steroid dienone is 5. The highest BCUT2D eigenvalue weighted by Gasteiger charge is 2.46. The van der Waals surface area contributed by atoms with Crippen molar-refractivity contribution in [2.24, 2.45) is 0 Å². The molecule has 4 aliphatic heterocycles. The molecule has 0 fully saturated rings. The molecule has 286 valence electrons. The zero-order chi connectivity index (χ0) is 37.8. The molecule has 6 rings (SSSR count). The Kier molecular flexibility index (Phi) is 13.1. The van der Waals surface area contributed by atoms with Gasteiger partial charge in [-0.15, -0.1) is 0 Å². The third-order valence-electron chi connectivity index (χ3n) is 12.1. The molecule has 53 heavy (non-hydrogen) atoms. The molecule has 2 aromatic rings. The van der Waals surface area contributed by atoms with E-state index in [-0.39, 0.29) is 6.04 Å². The van der Waals surface area contributed by atoms with Crippen LogP contribution in [0.3, 0.4) is 0 Å². The second-order valence-corrected chi connectivity index (χ2v) is 16.0. The van der Waals surface area contributed by atoms with Crippen LogP contribution in [0.5, 0.6) is 0 Å². The monoisotopic (exact) mass is 739 g/mol. The van der Waals surface area contributed by atoms with Gasteiger partial charge in [0.15, 0.2) is 0 Å². The number of aromatic amines is 1. The van der Waals surface area contributed by atoms with E-state index in [9.17, 15) is 0 Å². The van der Waals surface area contributed by atoms with Gasteiger partial charge in [0.2, 0.25) is 35.4 Å². The summed E-state index contributed by atoms with van der Waals surface area (Å²) < 4.78 is 7.76. The smallest absolute Gasteiger partial charge is 0.216 e. The number of nitrogens with zero attached hydrogens (tertiary/aromatic N) is 3. The lowest BCUT2D eigenvalue weighted by molar-refractivity contribution is -0.568. The summed E-state index contributed by atoms with van der Waals surface area (Å²) in [5.74, 6) is 0. The lowest BCUT2D eigenvalue weighted by Gasteiger charge is -2.12. The van der Waals surface area contributed by atoms with Gasteiger partial charge in [-0.3, -0.25) is 0 Å². The van der Waals surface area contributed by atoms with Crippen molar-refractivity contribution < 1.29 is 9.15 Å². The molecule has 8 nitrogen and oxygen atoms in total. The van der Waals surface area contributed by atoms with Gasteiger partial charge in [0.25, 0.3) is 0 Å². The first kappa shape index (κ1) is 39.6. The number of hydrogen-bond acceptors (Lipinski definition) is 4. The van der Waals surface area contributed by atoms with E-state index in [2.05, 4.69) is 136 Å². The Hall–Kier alpha value is -3.13. The molecular weight excluding hydrogens is 672 g/mol. The Morgan fingerprint density at radius 1 is 0.698 bits per heavy atom. The summed E-state index contributed by atoms with van der Waals surface area (Å²) in [7, 11) is 9.32. The number of fused-ring (bicyclic) bond motifs is 5. The van der Waals surface area contributed by atoms with Crippen LogP contribution < -0.4 is 32.0 Å². The minimum Gasteiger partial charge on any atom is -0.355 e. The SMILES string of the molecule is CCNCCCc1c(C)c2n(P)c1C=c1[nH]c(c(CCCNC)c1C)=CC1=[N+]3CC(C)[N+]4=C(C=C3C(CCCNC)=C1C)C(C)=C(CCCNC)C4=C2. The zero-order valence-corrected chi connectivity index (χ0v) is 35.4. The fourth-order valence-electron chi connectivity index (χ4n) is 9.12. The molecule has 9 heteroatoms. The predicted molar refractivity (Wildman–Crippen MR) is 229 cm³/mol. The van der Waals surface area contributed by atoms with Crippen LogP contribution in [-0.2, 0) is 12.8 Å². The molecule has 6 bridgehead atoms. The van der Waals surface area contributed by atoms with Crippen LogP contribution in [0.2, 0.25) is 0 Å². The minimum absolute atomic E-state index is 0.273. The maximum Gasteiger partial charge on any atom is 0.216 e. The van der Waals surface area contributed by atoms with Gasteiger partial charge >= 0.3 is 0 Å². The fourth-order valence-corrected chi connectivity index (χ4v) is 9.62. The molecule has 0 saturated heterocycles. The molecule has 0 radical (unpaired) electrons. The van der Waals surface area contributed by atoms with Crippen LogP contribution in [0.15, 0.2) is 39.8 Å². The summed E-state index contributed by atoms with van der Waals surface area (Å²) in [6, 6.07) is 0.273. The van der Waals surface area contributed by atoms with Gasteiger partial charge in [0.05, 0.1) is 11.8 Å². The molecule has 0 amide bonds. The lowest BCUT2D eigenvalue weighted by Crippen LogP contribution is -2.33. The largest absolute Gasteiger partial charge is 0.355 e. The quantitative estimate of drug-likeness (QED) is 0.0937. The number of nitrogens with one attached hydrogen (secondary N) is 5. The molecule has 2 aromatic heterocycles. The van der Waals surface area contributed by atoms with Gasteiger partial charge in [-0.05, 0) is 171 Å². The molecule has 0 saturated carbocycles. The Morgan fingerprint density at radius 2 is 1.30 bits per heavy atom. The van der Waals surface area contributed by atoms with Gasteiger partial charge in [0.1, 0.15) is 0 Å². The Bertz CT molecular complexity index is 2040. The Labute approximate surface area is 321 Å². The van der Waals surface area contributed by atoms with E-state index in [0.29, 0.717) is 0 Å². The highest BCUT2D eigenvalue weighted by Crippen LogP contribution is 2.39. The van der Waals surface area contributed by atoms with Crippen LogP contribution in [-0.4, -0.2) is 96.3 Å². The zero-order valence-electron chi connectivity index (χ0n) is 34.2. The van der Waals surface area contributed by atoms with E-state index in [0.717, 1.165) is 90.6 Å². The molecule has 2 unspecified atom stereocenters. The summed E-state index contributed by atoms with van der Waals surface area (Å²) in [6.45, 7) is 20.1. The van der Waals surface area contributed by atoms with Crippen molar-refractivity contribution in [1.82, 2.24) is 30.6 Å². The summed E-state index contributed by atoms with van der Waals surface area (Å²) in [4.78, 5) is 4.01. The Morgan fingerprint density at radius 3 is 1.96 bits per heavy atom. The number of rotatable bonds is 17. The third-order valence-corrected chi connectivity index (χ3v) is 12.7. The van der Waals surface area contributed by atoms with Crippen LogP contribution in [0.25, 0.3) is 18.2 Å². The van der Waals surface area contributed by atoms with E-state index in [1.54, 1.807) is 0 Å². The Balaban J connectivity index is 1.69. The van der Waals surface area contributed by atoms with Gasteiger partial charge in [-0.2, -0.15) is 9.15 Å². The van der Waals surface area contributed by atoms with Crippen molar-refractivity contribution in [3.8, 4) is 0 Å². The molecule has 4 aliphatic rings. The van der Waals surface area contributed by atoms with Crippen molar-refractivity contribution in [1.29, 1.82) is 0 Å². The maximum atomic E-state index is 4.01.